The number of hydrogen-bond donors (Lipinski definition) is 1. The summed E-state index contributed by atoms with van der Waals surface area (Å²) in [7, 11) is -1.28. The van der Waals surface area contributed by atoms with Crippen LogP contribution < -0.4 is 5.73 Å². The van der Waals surface area contributed by atoms with Crippen LogP contribution in [0, 0.1) is 5.92 Å². The molecule has 1 rings (SSSR count). The van der Waals surface area contributed by atoms with Crippen molar-refractivity contribution in [2.75, 3.05) is 11.5 Å². The van der Waals surface area contributed by atoms with Gasteiger partial charge in [0.05, 0.1) is 12.3 Å². The average molecular weight is 530 g/mol. The first kappa shape index (κ1) is 32.6. The van der Waals surface area contributed by atoms with Crippen molar-refractivity contribution in [3.8, 4) is 0 Å². The van der Waals surface area contributed by atoms with Crippen LogP contribution in [0.25, 0.3) is 0 Å². The topological polar surface area (TPSA) is 113 Å². The molecular formula is C28H51NO6S. The third-order valence-electron chi connectivity index (χ3n) is 6.92. The second-order valence-electron chi connectivity index (χ2n) is 10.2. The Morgan fingerprint density at radius 2 is 1.44 bits per heavy atom. The summed E-state index contributed by atoms with van der Waals surface area (Å²) in [5.74, 6) is -0.765. The fourth-order valence-corrected chi connectivity index (χ4v) is 5.66. The number of primary amides is 1. The average Bonchev–Trinajstić information content (AvgIpc) is 2.84. The molecule has 0 bridgehead atoms. The fraction of sp³-hybridized carbons (Fsp3) is 0.893. The molecule has 8 heteroatoms. The lowest BCUT2D eigenvalue weighted by Gasteiger charge is -2.37. The minimum atomic E-state index is -1.28. The Morgan fingerprint density at radius 1 is 0.889 bits per heavy atom. The van der Waals surface area contributed by atoms with Gasteiger partial charge in [-0.3, -0.25) is 18.6 Å². The van der Waals surface area contributed by atoms with Crippen LogP contribution in [0.2, 0.25) is 0 Å². The van der Waals surface area contributed by atoms with Gasteiger partial charge in [-0.1, -0.05) is 90.9 Å². The van der Waals surface area contributed by atoms with Gasteiger partial charge in [0.2, 0.25) is 5.91 Å². The van der Waals surface area contributed by atoms with Gasteiger partial charge in [0.25, 0.3) is 0 Å². The molecule has 1 saturated heterocycles. The summed E-state index contributed by atoms with van der Waals surface area (Å²) in [6, 6.07) is 0. The number of cyclic esters (lactones) is 1. The number of carbonyl (C=O) groups is 3. The molecule has 210 valence electrons. The molecule has 7 nitrogen and oxygen atoms in total. The molecule has 36 heavy (non-hydrogen) atoms. The summed E-state index contributed by atoms with van der Waals surface area (Å²) in [5, 5.41) is 0. The number of carbonyl (C=O) groups excluding carboxylic acids is 3. The van der Waals surface area contributed by atoms with Gasteiger partial charge in [-0.25, -0.2) is 0 Å². The fourth-order valence-electron chi connectivity index (χ4n) is 4.63. The molecule has 2 N–H and O–H groups in total. The maximum absolute atomic E-state index is 12.5. The van der Waals surface area contributed by atoms with Crippen LogP contribution in [0.5, 0.6) is 0 Å². The van der Waals surface area contributed by atoms with E-state index in [1.807, 2.05) is 0 Å². The largest absolute Gasteiger partial charge is 0.462 e. The van der Waals surface area contributed by atoms with E-state index < -0.39 is 16.7 Å². The summed E-state index contributed by atoms with van der Waals surface area (Å²) >= 11 is 0. The quantitative estimate of drug-likeness (QED) is 0.126. The summed E-state index contributed by atoms with van der Waals surface area (Å²) in [4.78, 5) is 35.4. The molecule has 1 fully saturated rings. The SMILES string of the molecule is CCCCCCCCCCCC(C[C@@H]1OC(=O)[C@H]1CCCCCC)OC(=O)CC[S@@](=O)CCC(N)=O. The molecule has 1 aliphatic heterocycles. The lowest BCUT2D eigenvalue weighted by Crippen LogP contribution is -2.47. The molecule has 1 amide bonds. The van der Waals surface area contributed by atoms with Crippen LogP contribution in [-0.4, -0.2) is 45.8 Å². The van der Waals surface area contributed by atoms with Crippen molar-refractivity contribution in [3.63, 3.8) is 0 Å². The normalized spacial score (nSPS) is 18.8. The molecule has 4 atom stereocenters. The zero-order valence-corrected chi connectivity index (χ0v) is 23.6. The third-order valence-corrected chi connectivity index (χ3v) is 8.24. The molecular weight excluding hydrogens is 478 g/mol. The second kappa shape index (κ2) is 20.6. The smallest absolute Gasteiger partial charge is 0.313 e. The summed E-state index contributed by atoms with van der Waals surface area (Å²) in [6.45, 7) is 4.39. The predicted molar refractivity (Wildman–Crippen MR) is 145 cm³/mol. The maximum atomic E-state index is 12.5. The van der Waals surface area contributed by atoms with E-state index in [9.17, 15) is 18.6 Å². The molecule has 0 aliphatic carbocycles. The van der Waals surface area contributed by atoms with E-state index in [2.05, 4.69) is 13.8 Å². The van der Waals surface area contributed by atoms with E-state index in [0.717, 1.165) is 44.9 Å². The van der Waals surface area contributed by atoms with Crippen molar-refractivity contribution in [2.45, 2.75) is 142 Å². The van der Waals surface area contributed by atoms with E-state index in [1.165, 1.54) is 51.4 Å². The van der Waals surface area contributed by atoms with Crippen molar-refractivity contribution in [1.82, 2.24) is 0 Å². The molecule has 0 radical (unpaired) electrons. The molecule has 0 aromatic heterocycles. The zero-order chi connectivity index (χ0) is 26.6. The van der Waals surface area contributed by atoms with Gasteiger partial charge >= 0.3 is 11.9 Å². The highest BCUT2D eigenvalue weighted by Crippen LogP contribution is 2.32. The first-order valence-electron chi connectivity index (χ1n) is 14.4. The monoisotopic (exact) mass is 529 g/mol. The van der Waals surface area contributed by atoms with Crippen molar-refractivity contribution < 1.29 is 28.1 Å². The van der Waals surface area contributed by atoms with Crippen LogP contribution in [-0.2, 0) is 34.7 Å². The number of esters is 2. The van der Waals surface area contributed by atoms with Crippen LogP contribution in [0.3, 0.4) is 0 Å². The number of amides is 1. The molecule has 1 heterocycles. The van der Waals surface area contributed by atoms with E-state index >= 15 is 0 Å². The standard InChI is InChI=1S/C28H51NO6S/c1-3-5-7-9-10-11-12-13-14-16-23(34-27(31)19-21-36(33)20-18-26(29)30)22-25-24(28(32)35-25)17-15-8-6-4-2/h23-25H,3-22H2,1-2H3,(H2,29,30)/t23?,24-,25-,36-/m0/s1. The van der Waals surface area contributed by atoms with Crippen molar-refractivity contribution in [1.29, 1.82) is 0 Å². The van der Waals surface area contributed by atoms with Gasteiger partial charge in [-0.05, 0) is 19.3 Å². The number of rotatable bonds is 24. The minimum Gasteiger partial charge on any atom is -0.462 e. The van der Waals surface area contributed by atoms with E-state index in [-0.39, 0.29) is 54.4 Å². The predicted octanol–water partition coefficient (Wildman–Crippen LogP) is 5.74. The number of ether oxygens (including phenoxy) is 2. The highest BCUT2D eigenvalue weighted by Gasteiger charge is 2.43. The zero-order valence-electron chi connectivity index (χ0n) is 22.8. The molecule has 1 unspecified atom stereocenters. The van der Waals surface area contributed by atoms with Crippen molar-refractivity contribution in [3.05, 3.63) is 0 Å². The number of hydrogen-bond acceptors (Lipinski definition) is 6. The van der Waals surface area contributed by atoms with Crippen LogP contribution in [0.15, 0.2) is 0 Å². The summed E-state index contributed by atoms with van der Waals surface area (Å²) in [6.07, 6.45) is 17.2. The molecule has 0 saturated carbocycles. The minimum absolute atomic E-state index is 0.0462. The molecule has 0 spiro atoms. The Kier molecular flexibility index (Phi) is 18.6. The lowest BCUT2D eigenvalue weighted by atomic mass is 9.86. The van der Waals surface area contributed by atoms with Gasteiger partial charge < -0.3 is 15.2 Å². The van der Waals surface area contributed by atoms with E-state index in [0.29, 0.717) is 6.42 Å². The number of nitrogens with two attached hydrogens (primary N) is 1. The summed E-state index contributed by atoms with van der Waals surface area (Å²) in [5.41, 5.74) is 5.10. The van der Waals surface area contributed by atoms with Crippen molar-refractivity contribution in [2.24, 2.45) is 11.7 Å². The van der Waals surface area contributed by atoms with Gasteiger partial charge in [-0.2, -0.15) is 0 Å². The van der Waals surface area contributed by atoms with Crippen LogP contribution >= 0.6 is 0 Å². The van der Waals surface area contributed by atoms with Crippen LogP contribution in [0.1, 0.15) is 129 Å². The second-order valence-corrected chi connectivity index (χ2v) is 11.9. The Labute approximate surface area is 221 Å². The van der Waals surface area contributed by atoms with Gasteiger partial charge in [0.15, 0.2) is 0 Å². The molecule has 0 aromatic carbocycles. The summed E-state index contributed by atoms with van der Waals surface area (Å²) < 4.78 is 23.2. The Hall–Kier alpha value is -1.44. The Balaban J connectivity index is 2.47. The van der Waals surface area contributed by atoms with Crippen molar-refractivity contribution >= 4 is 28.6 Å². The van der Waals surface area contributed by atoms with Crippen LogP contribution in [0.4, 0.5) is 0 Å². The first-order valence-corrected chi connectivity index (χ1v) is 15.9. The highest BCUT2D eigenvalue weighted by atomic mass is 32.2. The van der Waals surface area contributed by atoms with Gasteiger partial charge in [-0.15, -0.1) is 0 Å². The lowest BCUT2D eigenvalue weighted by molar-refractivity contribution is -0.190. The van der Waals surface area contributed by atoms with E-state index in [1.54, 1.807) is 0 Å². The third kappa shape index (κ3) is 15.6. The Bertz CT molecular complexity index is 656. The van der Waals surface area contributed by atoms with Gasteiger partial charge in [0, 0.05) is 35.1 Å². The highest BCUT2D eigenvalue weighted by molar-refractivity contribution is 7.85. The number of unbranched alkanes of at least 4 members (excludes halogenated alkanes) is 11. The molecule has 0 aromatic rings. The van der Waals surface area contributed by atoms with Gasteiger partial charge in [0.1, 0.15) is 12.2 Å². The Morgan fingerprint density at radius 3 is 2.03 bits per heavy atom. The maximum Gasteiger partial charge on any atom is 0.313 e. The van der Waals surface area contributed by atoms with E-state index in [4.69, 9.17) is 15.2 Å². The first-order chi connectivity index (χ1) is 17.4. The molecule has 1 aliphatic rings.